The van der Waals surface area contributed by atoms with Crippen LogP contribution in [0.2, 0.25) is 0 Å². The predicted molar refractivity (Wildman–Crippen MR) is 92.9 cm³/mol. The molecule has 5 nitrogen and oxygen atoms in total. The molecule has 0 aliphatic rings. The number of halogens is 1. The Morgan fingerprint density at radius 1 is 1.21 bits per heavy atom. The Balaban J connectivity index is 1.98. The number of hydrogen-bond donors (Lipinski definition) is 0. The molecular formula is C18H18ClN3O2. The Bertz CT molecular complexity index is 830. The first kappa shape index (κ1) is 16.5. The number of carbonyl (C=O) groups is 1. The third-order valence-electron chi connectivity index (χ3n) is 3.72. The number of ether oxygens (including phenoxy) is 1. The second-order valence-corrected chi connectivity index (χ2v) is 5.95. The van der Waals surface area contributed by atoms with Gasteiger partial charge in [-0.3, -0.25) is 4.79 Å². The highest BCUT2D eigenvalue weighted by molar-refractivity contribution is 6.17. The number of aryl methyl sites for hydroxylation is 1. The van der Waals surface area contributed by atoms with Crippen LogP contribution in [0.3, 0.4) is 0 Å². The second-order valence-electron chi connectivity index (χ2n) is 5.57. The van der Waals surface area contributed by atoms with Gasteiger partial charge >= 0.3 is 5.97 Å². The van der Waals surface area contributed by atoms with Crippen molar-refractivity contribution in [2.45, 2.75) is 26.0 Å². The minimum atomic E-state index is -0.652. The van der Waals surface area contributed by atoms with Gasteiger partial charge in [0.1, 0.15) is 5.52 Å². The van der Waals surface area contributed by atoms with E-state index in [0.717, 1.165) is 22.2 Å². The molecule has 0 spiro atoms. The maximum absolute atomic E-state index is 12.1. The number of benzene rings is 2. The second kappa shape index (κ2) is 7.45. The monoisotopic (exact) mass is 343 g/mol. The Morgan fingerprint density at radius 3 is 2.71 bits per heavy atom. The summed E-state index contributed by atoms with van der Waals surface area (Å²) in [4.78, 5) is 12.1. The molecule has 0 aliphatic carbocycles. The lowest BCUT2D eigenvalue weighted by Crippen LogP contribution is -2.20. The quantitative estimate of drug-likeness (QED) is 0.504. The Hall–Kier alpha value is -2.40. The summed E-state index contributed by atoms with van der Waals surface area (Å²) in [6.07, 6.45) is 0.207. The summed E-state index contributed by atoms with van der Waals surface area (Å²) in [7, 11) is 0. The molecule has 2 aromatic carbocycles. The third kappa shape index (κ3) is 3.57. The zero-order chi connectivity index (χ0) is 16.9. The molecule has 0 aliphatic heterocycles. The lowest BCUT2D eigenvalue weighted by Gasteiger charge is -2.19. The molecule has 0 fully saturated rings. The molecular weight excluding hydrogens is 326 g/mol. The molecule has 6 heteroatoms. The molecule has 0 saturated carbocycles. The van der Waals surface area contributed by atoms with E-state index in [0.29, 0.717) is 12.3 Å². The normalized spacial score (nSPS) is 12.2. The summed E-state index contributed by atoms with van der Waals surface area (Å²) < 4.78 is 7.33. The SMILES string of the molecule is Cc1ccc(C(OC(=O)CCCCl)n2nnc3ccccc32)cc1. The predicted octanol–water partition coefficient (Wildman–Crippen LogP) is 3.85. The summed E-state index contributed by atoms with van der Waals surface area (Å²) >= 11 is 5.66. The van der Waals surface area contributed by atoms with Gasteiger partial charge in [-0.1, -0.05) is 47.2 Å². The van der Waals surface area contributed by atoms with E-state index in [1.165, 1.54) is 0 Å². The average Bonchev–Trinajstić information content (AvgIpc) is 3.03. The Morgan fingerprint density at radius 2 is 1.96 bits per heavy atom. The van der Waals surface area contributed by atoms with Crippen LogP contribution in [0.1, 0.15) is 30.2 Å². The van der Waals surface area contributed by atoms with Crippen molar-refractivity contribution in [3.05, 3.63) is 59.7 Å². The van der Waals surface area contributed by atoms with Gasteiger partial charge in [-0.2, -0.15) is 0 Å². The van der Waals surface area contributed by atoms with Crippen molar-refractivity contribution in [1.82, 2.24) is 15.0 Å². The van der Waals surface area contributed by atoms with Crippen LogP contribution in [0.4, 0.5) is 0 Å². The maximum atomic E-state index is 12.1. The van der Waals surface area contributed by atoms with Crippen LogP contribution in [0.15, 0.2) is 48.5 Å². The lowest BCUT2D eigenvalue weighted by molar-refractivity contribution is -0.151. The molecule has 1 atom stereocenters. The topological polar surface area (TPSA) is 57.0 Å². The smallest absolute Gasteiger partial charge is 0.308 e. The van der Waals surface area contributed by atoms with E-state index in [1.54, 1.807) is 4.68 Å². The lowest BCUT2D eigenvalue weighted by atomic mass is 10.1. The fourth-order valence-corrected chi connectivity index (χ4v) is 2.58. The van der Waals surface area contributed by atoms with E-state index in [4.69, 9.17) is 16.3 Å². The largest absolute Gasteiger partial charge is 0.435 e. The van der Waals surface area contributed by atoms with E-state index < -0.39 is 6.23 Å². The molecule has 0 N–H and O–H groups in total. The van der Waals surface area contributed by atoms with Gasteiger partial charge in [0, 0.05) is 17.9 Å². The van der Waals surface area contributed by atoms with Crippen molar-refractivity contribution >= 4 is 28.6 Å². The number of para-hydroxylation sites is 1. The molecule has 3 aromatic rings. The first-order valence-corrected chi connectivity index (χ1v) is 8.34. The van der Waals surface area contributed by atoms with Gasteiger partial charge in [-0.05, 0) is 25.5 Å². The van der Waals surface area contributed by atoms with Crippen molar-refractivity contribution in [3.8, 4) is 0 Å². The van der Waals surface area contributed by atoms with Crippen LogP contribution in [-0.2, 0) is 9.53 Å². The van der Waals surface area contributed by atoms with Crippen molar-refractivity contribution in [1.29, 1.82) is 0 Å². The number of esters is 1. The van der Waals surface area contributed by atoms with E-state index >= 15 is 0 Å². The van der Waals surface area contributed by atoms with Gasteiger partial charge in [0.2, 0.25) is 6.23 Å². The van der Waals surface area contributed by atoms with Crippen LogP contribution < -0.4 is 0 Å². The zero-order valence-corrected chi connectivity index (χ0v) is 14.1. The number of nitrogens with zero attached hydrogens (tertiary/aromatic N) is 3. The minimum Gasteiger partial charge on any atom is -0.435 e. The van der Waals surface area contributed by atoms with Crippen LogP contribution in [0, 0.1) is 6.92 Å². The van der Waals surface area contributed by atoms with Gasteiger partial charge in [0.15, 0.2) is 0 Å². The van der Waals surface area contributed by atoms with E-state index in [-0.39, 0.29) is 12.4 Å². The summed E-state index contributed by atoms with van der Waals surface area (Å²) in [5.41, 5.74) is 3.55. The highest BCUT2D eigenvalue weighted by Gasteiger charge is 2.22. The molecule has 3 rings (SSSR count). The van der Waals surface area contributed by atoms with Crippen LogP contribution in [0.5, 0.6) is 0 Å². The fourth-order valence-electron chi connectivity index (χ4n) is 2.45. The Kier molecular flexibility index (Phi) is 5.11. The molecule has 0 radical (unpaired) electrons. The summed E-state index contributed by atoms with van der Waals surface area (Å²) in [6.45, 7) is 2.01. The van der Waals surface area contributed by atoms with Crippen LogP contribution >= 0.6 is 11.6 Å². The number of hydrogen-bond acceptors (Lipinski definition) is 4. The van der Waals surface area contributed by atoms with Gasteiger partial charge in [0.05, 0.1) is 5.52 Å². The van der Waals surface area contributed by atoms with Crippen molar-refractivity contribution < 1.29 is 9.53 Å². The molecule has 1 aromatic heterocycles. The molecule has 0 amide bonds. The molecule has 0 bridgehead atoms. The van der Waals surface area contributed by atoms with Crippen LogP contribution in [-0.4, -0.2) is 26.8 Å². The molecule has 1 unspecified atom stereocenters. The van der Waals surface area contributed by atoms with Crippen LogP contribution in [0.25, 0.3) is 11.0 Å². The average molecular weight is 344 g/mol. The van der Waals surface area contributed by atoms with Gasteiger partial charge in [-0.15, -0.1) is 16.7 Å². The van der Waals surface area contributed by atoms with E-state index in [2.05, 4.69) is 10.3 Å². The summed E-state index contributed by atoms with van der Waals surface area (Å²) in [6, 6.07) is 15.4. The number of rotatable bonds is 6. The number of fused-ring (bicyclic) bond motifs is 1. The van der Waals surface area contributed by atoms with Gasteiger partial charge in [0.25, 0.3) is 0 Å². The highest BCUT2D eigenvalue weighted by atomic mass is 35.5. The zero-order valence-electron chi connectivity index (χ0n) is 13.4. The number of carbonyl (C=O) groups excluding carboxylic acids is 1. The minimum absolute atomic E-state index is 0.276. The summed E-state index contributed by atoms with van der Waals surface area (Å²) in [5, 5.41) is 8.34. The Labute approximate surface area is 145 Å². The first-order chi connectivity index (χ1) is 11.7. The number of alkyl halides is 1. The summed E-state index contributed by atoms with van der Waals surface area (Å²) in [5.74, 6) is 0.122. The van der Waals surface area contributed by atoms with Gasteiger partial charge < -0.3 is 4.74 Å². The van der Waals surface area contributed by atoms with E-state index in [1.807, 2.05) is 55.5 Å². The van der Waals surface area contributed by atoms with Crippen molar-refractivity contribution in [2.24, 2.45) is 0 Å². The first-order valence-electron chi connectivity index (χ1n) is 7.81. The third-order valence-corrected chi connectivity index (χ3v) is 3.99. The molecule has 0 saturated heterocycles. The highest BCUT2D eigenvalue weighted by Crippen LogP contribution is 2.24. The maximum Gasteiger partial charge on any atom is 0.308 e. The molecule has 1 heterocycles. The molecule has 24 heavy (non-hydrogen) atoms. The molecule has 124 valence electrons. The standard InChI is InChI=1S/C18H18ClN3O2/c1-13-8-10-14(11-9-13)18(24-17(23)7-4-12-19)22-16-6-3-2-5-15(16)20-21-22/h2-3,5-6,8-11,18H,4,7,12H2,1H3. The van der Waals surface area contributed by atoms with Crippen molar-refractivity contribution in [3.63, 3.8) is 0 Å². The van der Waals surface area contributed by atoms with Gasteiger partial charge in [-0.25, -0.2) is 4.68 Å². The number of aromatic nitrogens is 3. The van der Waals surface area contributed by atoms with Crippen molar-refractivity contribution in [2.75, 3.05) is 5.88 Å². The van der Waals surface area contributed by atoms with E-state index in [9.17, 15) is 4.79 Å². The fraction of sp³-hybridized carbons (Fsp3) is 0.278.